The number of pyridine rings is 1. The Labute approximate surface area is 204 Å². The van der Waals surface area contributed by atoms with E-state index in [0.29, 0.717) is 13.1 Å². The first-order valence-corrected chi connectivity index (χ1v) is 12.4. The second-order valence-corrected chi connectivity index (χ2v) is 9.38. The van der Waals surface area contributed by atoms with Crippen molar-refractivity contribution in [1.82, 2.24) is 30.1 Å². The molecule has 0 spiro atoms. The van der Waals surface area contributed by atoms with Crippen LogP contribution in [0, 0.1) is 6.92 Å². The minimum Gasteiger partial charge on any atom is -0.377 e. The molecule has 1 aliphatic rings. The summed E-state index contributed by atoms with van der Waals surface area (Å²) in [6.07, 6.45) is 3.04. The van der Waals surface area contributed by atoms with Crippen LogP contribution in [0.15, 0.2) is 59.4 Å². The van der Waals surface area contributed by atoms with Crippen LogP contribution in [0.1, 0.15) is 54.7 Å². The normalized spacial score (nSPS) is 16.8. The van der Waals surface area contributed by atoms with E-state index in [1.54, 1.807) is 0 Å². The Bertz CT molecular complexity index is 1330. The quantitative estimate of drug-likeness (QED) is 0.396. The smallest absolute Gasteiger partial charge is 0.252 e. The standard InChI is InChI=1S/C27H32N6O2/c1-3-25(26-29-30-31-33(26)16-20-8-5-4-6-9-20)32(18-23-10-7-13-35-23)17-22-15-21-14-19(2)11-12-24(21)28-27(22)34/h4-6,8-9,11-12,14-15,23,25H,3,7,10,13,16-18H2,1-2H3,(H,28,34)/t23-,25+/m0/s1. The zero-order chi connectivity index (χ0) is 24.2. The van der Waals surface area contributed by atoms with Crippen molar-refractivity contribution in [2.24, 2.45) is 0 Å². The molecule has 0 aliphatic carbocycles. The number of H-pyrrole nitrogens is 1. The van der Waals surface area contributed by atoms with E-state index in [9.17, 15) is 4.79 Å². The van der Waals surface area contributed by atoms with E-state index in [0.717, 1.165) is 60.3 Å². The molecule has 35 heavy (non-hydrogen) atoms. The molecule has 2 atom stereocenters. The molecule has 0 bridgehead atoms. The van der Waals surface area contributed by atoms with Crippen LogP contribution in [0.4, 0.5) is 0 Å². The molecule has 0 amide bonds. The topological polar surface area (TPSA) is 88.9 Å². The van der Waals surface area contributed by atoms with E-state index >= 15 is 0 Å². The van der Waals surface area contributed by atoms with Gasteiger partial charge in [0.15, 0.2) is 5.82 Å². The lowest BCUT2D eigenvalue weighted by Gasteiger charge is -2.32. The SMILES string of the molecule is CC[C@H](c1nnnn1Cc1ccccc1)N(Cc1cc2cc(C)ccc2[nH]c1=O)C[C@@H]1CCCO1. The van der Waals surface area contributed by atoms with Crippen LogP contribution in [0.3, 0.4) is 0 Å². The van der Waals surface area contributed by atoms with Gasteiger partial charge in [-0.2, -0.15) is 0 Å². The monoisotopic (exact) mass is 472 g/mol. The predicted molar refractivity (Wildman–Crippen MR) is 135 cm³/mol. The maximum absolute atomic E-state index is 13.0. The van der Waals surface area contributed by atoms with E-state index in [1.165, 1.54) is 5.56 Å². The summed E-state index contributed by atoms with van der Waals surface area (Å²) in [5.74, 6) is 0.808. The molecule has 8 heteroatoms. The predicted octanol–water partition coefficient (Wildman–Crippen LogP) is 4.00. The average molecular weight is 473 g/mol. The maximum Gasteiger partial charge on any atom is 0.252 e. The summed E-state index contributed by atoms with van der Waals surface area (Å²) < 4.78 is 7.86. The first-order valence-electron chi connectivity index (χ1n) is 12.4. The van der Waals surface area contributed by atoms with E-state index < -0.39 is 0 Å². The number of rotatable bonds is 9. The highest BCUT2D eigenvalue weighted by Crippen LogP contribution is 2.27. The number of ether oxygens (including phenoxy) is 1. The molecule has 1 saturated heterocycles. The molecular formula is C27H32N6O2. The minimum absolute atomic E-state index is 0.0504. The fraction of sp³-hybridized carbons (Fsp3) is 0.407. The van der Waals surface area contributed by atoms with Crippen LogP contribution in [0.2, 0.25) is 0 Å². The fourth-order valence-corrected chi connectivity index (χ4v) is 4.98. The van der Waals surface area contributed by atoms with Gasteiger partial charge in [0.05, 0.1) is 18.7 Å². The Morgan fingerprint density at radius 3 is 2.83 bits per heavy atom. The number of hydrogen-bond acceptors (Lipinski definition) is 6. The molecular weight excluding hydrogens is 440 g/mol. The third-order valence-corrected chi connectivity index (χ3v) is 6.77. The summed E-state index contributed by atoms with van der Waals surface area (Å²) in [7, 11) is 0. The Morgan fingerprint density at radius 2 is 2.06 bits per heavy atom. The molecule has 0 unspecified atom stereocenters. The molecule has 182 valence electrons. The second-order valence-electron chi connectivity index (χ2n) is 9.38. The van der Waals surface area contributed by atoms with E-state index in [1.807, 2.05) is 41.1 Å². The van der Waals surface area contributed by atoms with Crippen LogP contribution in [0.25, 0.3) is 10.9 Å². The lowest BCUT2D eigenvalue weighted by atomic mass is 10.1. The van der Waals surface area contributed by atoms with Gasteiger partial charge in [0.25, 0.3) is 5.56 Å². The molecule has 0 radical (unpaired) electrons. The summed E-state index contributed by atoms with van der Waals surface area (Å²) in [5.41, 5.74) is 3.84. The van der Waals surface area contributed by atoms with Crippen LogP contribution >= 0.6 is 0 Å². The average Bonchev–Trinajstić information content (AvgIpc) is 3.54. The fourth-order valence-electron chi connectivity index (χ4n) is 4.98. The second kappa shape index (κ2) is 10.5. The highest BCUT2D eigenvalue weighted by atomic mass is 16.5. The molecule has 1 N–H and O–H groups in total. The number of nitrogens with zero attached hydrogens (tertiary/aromatic N) is 5. The molecule has 3 heterocycles. The number of tetrazole rings is 1. The third-order valence-electron chi connectivity index (χ3n) is 6.77. The Balaban J connectivity index is 1.48. The molecule has 0 saturated carbocycles. The van der Waals surface area contributed by atoms with Gasteiger partial charge in [-0.05, 0) is 65.8 Å². The Hall–Kier alpha value is -3.36. The first kappa shape index (κ1) is 23.4. The summed E-state index contributed by atoms with van der Waals surface area (Å²) in [6, 6.07) is 18.3. The van der Waals surface area contributed by atoms with Crippen LogP contribution in [-0.2, 0) is 17.8 Å². The maximum atomic E-state index is 13.0. The van der Waals surface area contributed by atoms with Gasteiger partial charge >= 0.3 is 0 Å². The number of aryl methyl sites for hydroxylation is 1. The molecule has 4 aromatic rings. The molecule has 1 fully saturated rings. The van der Waals surface area contributed by atoms with Crippen molar-refractivity contribution >= 4 is 10.9 Å². The first-order chi connectivity index (χ1) is 17.1. The summed E-state index contributed by atoms with van der Waals surface area (Å²) in [4.78, 5) is 18.4. The molecule has 2 aromatic carbocycles. The zero-order valence-electron chi connectivity index (χ0n) is 20.4. The Kier molecular flexibility index (Phi) is 7.01. The lowest BCUT2D eigenvalue weighted by Crippen LogP contribution is -2.37. The minimum atomic E-state index is -0.0579. The van der Waals surface area contributed by atoms with Gasteiger partial charge in [0, 0.05) is 30.8 Å². The number of hydrogen-bond donors (Lipinski definition) is 1. The summed E-state index contributed by atoms with van der Waals surface area (Å²) >= 11 is 0. The van der Waals surface area contributed by atoms with Crippen molar-refractivity contribution in [3.05, 3.63) is 87.5 Å². The number of aromatic nitrogens is 5. The number of aromatic amines is 1. The summed E-state index contributed by atoms with van der Waals surface area (Å²) in [5, 5.41) is 13.8. The van der Waals surface area contributed by atoms with Crippen molar-refractivity contribution in [3.8, 4) is 0 Å². The lowest BCUT2D eigenvalue weighted by molar-refractivity contribution is 0.0489. The van der Waals surface area contributed by atoms with Gasteiger partial charge in [-0.25, -0.2) is 4.68 Å². The summed E-state index contributed by atoms with van der Waals surface area (Å²) in [6.45, 7) is 6.81. The van der Waals surface area contributed by atoms with Crippen molar-refractivity contribution in [3.63, 3.8) is 0 Å². The van der Waals surface area contributed by atoms with Crippen LogP contribution < -0.4 is 5.56 Å². The van der Waals surface area contributed by atoms with E-state index in [-0.39, 0.29) is 17.7 Å². The van der Waals surface area contributed by atoms with Gasteiger partial charge in [-0.1, -0.05) is 48.9 Å². The van der Waals surface area contributed by atoms with Crippen molar-refractivity contribution in [2.75, 3.05) is 13.2 Å². The molecule has 2 aromatic heterocycles. The van der Waals surface area contributed by atoms with Gasteiger partial charge in [0.2, 0.25) is 0 Å². The Morgan fingerprint density at radius 1 is 1.20 bits per heavy atom. The largest absolute Gasteiger partial charge is 0.377 e. The third kappa shape index (κ3) is 5.33. The molecule has 1 aliphatic heterocycles. The zero-order valence-corrected chi connectivity index (χ0v) is 20.4. The highest BCUT2D eigenvalue weighted by molar-refractivity contribution is 5.79. The van der Waals surface area contributed by atoms with Crippen LogP contribution in [-0.4, -0.2) is 49.3 Å². The van der Waals surface area contributed by atoms with E-state index in [4.69, 9.17) is 4.74 Å². The van der Waals surface area contributed by atoms with Crippen LogP contribution in [0.5, 0.6) is 0 Å². The van der Waals surface area contributed by atoms with E-state index in [2.05, 4.69) is 57.5 Å². The van der Waals surface area contributed by atoms with Gasteiger partial charge < -0.3 is 9.72 Å². The van der Waals surface area contributed by atoms with Gasteiger partial charge in [0.1, 0.15) is 0 Å². The van der Waals surface area contributed by atoms with Crippen molar-refractivity contribution in [1.29, 1.82) is 0 Å². The van der Waals surface area contributed by atoms with Crippen molar-refractivity contribution < 1.29 is 4.74 Å². The molecule has 8 nitrogen and oxygen atoms in total. The van der Waals surface area contributed by atoms with Gasteiger partial charge in [-0.3, -0.25) is 9.69 Å². The molecule has 5 rings (SSSR count). The number of nitrogens with one attached hydrogen (secondary N) is 1. The van der Waals surface area contributed by atoms with Crippen molar-refractivity contribution in [2.45, 2.75) is 58.3 Å². The van der Waals surface area contributed by atoms with Gasteiger partial charge in [-0.15, -0.1) is 5.10 Å². The number of fused-ring (bicyclic) bond motifs is 1. The number of benzene rings is 2. The highest BCUT2D eigenvalue weighted by Gasteiger charge is 2.29.